The third kappa shape index (κ3) is 4.05. The van der Waals surface area contributed by atoms with E-state index in [1.54, 1.807) is 31.4 Å². The fraction of sp³-hybridized carbons (Fsp3) is 0.381. The van der Waals surface area contributed by atoms with Crippen LogP contribution in [0.5, 0.6) is 17.2 Å². The van der Waals surface area contributed by atoms with Crippen molar-refractivity contribution < 1.29 is 23.7 Å². The maximum atomic E-state index is 12.6. The zero-order valence-electron chi connectivity index (χ0n) is 15.8. The molecule has 0 unspecified atom stereocenters. The first-order valence-electron chi connectivity index (χ1n) is 9.38. The average Bonchev–Trinajstić information content (AvgIpc) is 3.22. The van der Waals surface area contributed by atoms with E-state index in [4.69, 9.17) is 18.9 Å². The fourth-order valence-electron chi connectivity index (χ4n) is 3.50. The van der Waals surface area contributed by atoms with Gasteiger partial charge in [0.05, 0.1) is 26.4 Å². The topological polar surface area (TPSA) is 69.3 Å². The van der Waals surface area contributed by atoms with Crippen LogP contribution >= 0.6 is 0 Å². The minimum Gasteiger partial charge on any atom is -0.497 e. The monoisotopic (exact) mass is 384 g/mol. The number of benzene rings is 2. The first-order chi connectivity index (χ1) is 13.7. The molecule has 7 nitrogen and oxygen atoms in total. The first kappa shape index (κ1) is 18.6. The van der Waals surface area contributed by atoms with Gasteiger partial charge >= 0.3 is 0 Å². The minimum absolute atomic E-state index is 0.0283. The standard InChI is InChI=1S/C21H24N2O5/c1-25-17-5-2-15(3-6-17)21(24)22-13-18(23-8-10-26-11-9-23)16-4-7-19-20(12-16)28-14-27-19/h2-7,12,18H,8-11,13-14H2,1H3,(H,22,24)/t18-/m1/s1. The molecule has 148 valence electrons. The second-order valence-electron chi connectivity index (χ2n) is 6.72. The zero-order chi connectivity index (χ0) is 19.3. The van der Waals surface area contributed by atoms with Crippen LogP contribution in [0.2, 0.25) is 0 Å². The smallest absolute Gasteiger partial charge is 0.251 e. The van der Waals surface area contributed by atoms with Crippen LogP contribution in [-0.2, 0) is 4.74 Å². The molecule has 4 rings (SSSR count). The van der Waals surface area contributed by atoms with Crippen LogP contribution in [-0.4, -0.2) is 57.6 Å². The second kappa shape index (κ2) is 8.50. The van der Waals surface area contributed by atoms with Gasteiger partial charge in [0.15, 0.2) is 11.5 Å². The summed E-state index contributed by atoms with van der Waals surface area (Å²) in [4.78, 5) is 14.9. The fourth-order valence-corrected chi connectivity index (χ4v) is 3.50. The van der Waals surface area contributed by atoms with Crippen molar-refractivity contribution in [3.05, 3.63) is 53.6 Å². The number of hydrogen-bond donors (Lipinski definition) is 1. The number of nitrogens with zero attached hydrogens (tertiary/aromatic N) is 1. The predicted molar refractivity (Wildman–Crippen MR) is 103 cm³/mol. The highest BCUT2D eigenvalue weighted by atomic mass is 16.7. The van der Waals surface area contributed by atoms with E-state index < -0.39 is 0 Å². The number of fused-ring (bicyclic) bond motifs is 1. The van der Waals surface area contributed by atoms with Crippen LogP contribution in [0.4, 0.5) is 0 Å². The van der Waals surface area contributed by atoms with Gasteiger partial charge in [-0.1, -0.05) is 6.07 Å². The van der Waals surface area contributed by atoms with Crippen LogP contribution < -0.4 is 19.5 Å². The Bertz CT molecular complexity index is 818. The average molecular weight is 384 g/mol. The van der Waals surface area contributed by atoms with Gasteiger partial charge in [-0.25, -0.2) is 0 Å². The number of nitrogens with one attached hydrogen (secondary N) is 1. The molecule has 0 bridgehead atoms. The van der Waals surface area contributed by atoms with Gasteiger partial charge in [-0.15, -0.1) is 0 Å². The molecule has 1 amide bonds. The summed E-state index contributed by atoms with van der Waals surface area (Å²) in [5, 5.41) is 3.07. The number of methoxy groups -OCH3 is 1. The number of carbonyl (C=O) groups excluding carboxylic acids is 1. The minimum atomic E-state index is -0.110. The van der Waals surface area contributed by atoms with E-state index in [0.717, 1.165) is 35.9 Å². The molecule has 1 saturated heterocycles. The lowest BCUT2D eigenvalue weighted by atomic mass is 10.0. The van der Waals surface area contributed by atoms with Gasteiger partial charge in [0.25, 0.3) is 5.91 Å². The predicted octanol–water partition coefficient (Wildman–Crippen LogP) is 2.23. The summed E-state index contributed by atoms with van der Waals surface area (Å²) in [5.41, 5.74) is 1.69. The maximum absolute atomic E-state index is 12.6. The quantitative estimate of drug-likeness (QED) is 0.824. The molecule has 2 aromatic rings. The molecule has 2 heterocycles. The Kier molecular flexibility index (Phi) is 5.64. The van der Waals surface area contributed by atoms with Crippen LogP contribution in [0.1, 0.15) is 22.0 Å². The van der Waals surface area contributed by atoms with Crippen molar-refractivity contribution in [2.45, 2.75) is 6.04 Å². The van der Waals surface area contributed by atoms with E-state index in [2.05, 4.69) is 10.2 Å². The van der Waals surface area contributed by atoms with Crippen molar-refractivity contribution in [2.24, 2.45) is 0 Å². The molecule has 0 radical (unpaired) electrons. The SMILES string of the molecule is COc1ccc(C(=O)NC[C@H](c2ccc3c(c2)OCO3)N2CCOCC2)cc1. The number of amides is 1. The van der Waals surface area contributed by atoms with Crippen molar-refractivity contribution >= 4 is 5.91 Å². The second-order valence-corrected chi connectivity index (χ2v) is 6.72. The van der Waals surface area contributed by atoms with Gasteiger partial charge in [-0.05, 0) is 42.0 Å². The van der Waals surface area contributed by atoms with E-state index in [-0.39, 0.29) is 18.7 Å². The van der Waals surface area contributed by atoms with E-state index in [9.17, 15) is 4.79 Å². The molecule has 2 aliphatic rings. The molecule has 0 spiro atoms. The summed E-state index contributed by atoms with van der Waals surface area (Å²) in [5.74, 6) is 2.12. The van der Waals surface area contributed by atoms with Crippen LogP contribution in [0, 0.1) is 0 Å². The Balaban J connectivity index is 1.49. The van der Waals surface area contributed by atoms with Crippen molar-refractivity contribution in [2.75, 3.05) is 46.8 Å². The molecular weight excluding hydrogens is 360 g/mol. The van der Waals surface area contributed by atoms with Crippen molar-refractivity contribution in [1.82, 2.24) is 10.2 Å². The Hall–Kier alpha value is -2.77. The molecule has 0 aromatic heterocycles. The van der Waals surface area contributed by atoms with Crippen molar-refractivity contribution in [3.8, 4) is 17.2 Å². The lowest BCUT2D eigenvalue weighted by molar-refractivity contribution is 0.0162. The van der Waals surface area contributed by atoms with Crippen LogP contribution in [0.3, 0.4) is 0 Å². The third-order valence-corrected chi connectivity index (χ3v) is 5.08. The highest BCUT2D eigenvalue weighted by Crippen LogP contribution is 2.35. The molecule has 1 fully saturated rings. The van der Waals surface area contributed by atoms with Crippen molar-refractivity contribution in [3.63, 3.8) is 0 Å². The summed E-state index contributed by atoms with van der Waals surface area (Å²) in [6.45, 7) is 3.75. The van der Waals surface area contributed by atoms with Crippen LogP contribution in [0.15, 0.2) is 42.5 Å². The van der Waals surface area contributed by atoms with E-state index >= 15 is 0 Å². The summed E-state index contributed by atoms with van der Waals surface area (Å²) < 4.78 is 21.6. The Labute approximate surface area is 164 Å². The first-order valence-corrected chi connectivity index (χ1v) is 9.38. The molecule has 0 saturated carbocycles. The molecule has 2 aromatic carbocycles. The lowest BCUT2D eigenvalue weighted by Crippen LogP contribution is -2.43. The number of rotatable bonds is 6. The number of morpholine rings is 1. The maximum Gasteiger partial charge on any atom is 0.251 e. The highest BCUT2D eigenvalue weighted by Gasteiger charge is 2.25. The molecule has 2 aliphatic heterocycles. The van der Waals surface area contributed by atoms with E-state index in [1.807, 2.05) is 18.2 Å². The Morgan fingerprint density at radius 1 is 1.11 bits per heavy atom. The van der Waals surface area contributed by atoms with Gasteiger partial charge in [-0.3, -0.25) is 9.69 Å². The van der Waals surface area contributed by atoms with E-state index in [1.165, 1.54) is 0 Å². The molecule has 0 aliphatic carbocycles. The Morgan fingerprint density at radius 3 is 2.61 bits per heavy atom. The van der Waals surface area contributed by atoms with Gasteiger partial charge in [0.2, 0.25) is 6.79 Å². The molecule has 1 N–H and O–H groups in total. The highest BCUT2D eigenvalue weighted by molar-refractivity contribution is 5.94. The van der Waals surface area contributed by atoms with Gasteiger partial charge in [0, 0.05) is 25.2 Å². The zero-order valence-corrected chi connectivity index (χ0v) is 15.8. The number of carbonyl (C=O) groups is 1. The summed E-state index contributed by atoms with van der Waals surface area (Å²) in [6, 6.07) is 13.1. The van der Waals surface area contributed by atoms with Gasteiger partial charge in [-0.2, -0.15) is 0 Å². The van der Waals surface area contributed by atoms with Gasteiger partial charge < -0.3 is 24.3 Å². The summed E-state index contributed by atoms with van der Waals surface area (Å²) in [7, 11) is 1.60. The van der Waals surface area contributed by atoms with Crippen molar-refractivity contribution in [1.29, 1.82) is 0 Å². The third-order valence-electron chi connectivity index (χ3n) is 5.08. The van der Waals surface area contributed by atoms with E-state index in [0.29, 0.717) is 25.3 Å². The number of ether oxygens (including phenoxy) is 4. The largest absolute Gasteiger partial charge is 0.497 e. The summed E-state index contributed by atoms with van der Waals surface area (Å²) >= 11 is 0. The molecule has 1 atom stereocenters. The number of hydrogen-bond acceptors (Lipinski definition) is 6. The molecule has 7 heteroatoms. The lowest BCUT2D eigenvalue weighted by Gasteiger charge is -2.35. The van der Waals surface area contributed by atoms with Gasteiger partial charge in [0.1, 0.15) is 5.75 Å². The van der Waals surface area contributed by atoms with Crippen LogP contribution in [0.25, 0.3) is 0 Å². The normalized spacial score (nSPS) is 17.2. The Morgan fingerprint density at radius 2 is 1.86 bits per heavy atom. The molecule has 28 heavy (non-hydrogen) atoms. The summed E-state index contributed by atoms with van der Waals surface area (Å²) in [6.07, 6.45) is 0. The molecular formula is C21H24N2O5.